The monoisotopic (exact) mass is 486 g/mol. The van der Waals surface area contributed by atoms with Crippen LogP contribution in [0.3, 0.4) is 0 Å². The van der Waals surface area contributed by atoms with Gasteiger partial charge in [-0.15, -0.1) is 0 Å². The van der Waals surface area contributed by atoms with Gasteiger partial charge in [0, 0.05) is 13.6 Å². The summed E-state index contributed by atoms with van der Waals surface area (Å²) in [7, 11) is 1.49. The molecule has 192 valence electrons. The Kier molecular flexibility index (Phi) is 8.40. The summed E-state index contributed by atoms with van der Waals surface area (Å²) in [5.41, 5.74) is 1.72. The number of aryl methyl sites for hydroxylation is 1. The summed E-state index contributed by atoms with van der Waals surface area (Å²) in [5, 5.41) is 5.84. The van der Waals surface area contributed by atoms with Crippen molar-refractivity contribution in [1.82, 2.24) is 20.4 Å². The minimum absolute atomic E-state index is 0.0444. The fraction of sp³-hybridized carbons (Fsp3) is 0.615. The third-order valence-electron chi connectivity index (χ3n) is 6.53. The molecule has 2 aliphatic rings. The van der Waals surface area contributed by atoms with Crippen molar-refractivity contribution in [2.45, 2.75) is 83.5 Å². The minimum Gasteiger partial charge on any atom is -0.444 e. The number of carbonyl (C=O) groups is 4. The number of carbonyl (C=O) groups excluding carboxylic acids is 4. The van der Waals surface area contributed by atoms with Gasteiger partial charge in [-0.2, -0.15) is 0 Å². The number of rotatable bonds is 6. The molecule has 9 heteroatoms. The molecule has 0 spiro atoms. The van der Waals surface area contributed by atoms with Crippen molar-refractivity contribution in [3.63, 3.8) is 0 Å². The Morgan fingerprint density at radius 2 is 1.80 bits per heavy atom. The number of fused-ring (bicyclic) bond motifs is 1. The molecule has 1 aromatic carbocycles. The van der Waals surface area contributed by atoms with Crippen LogP contribution in [0.15, 0.2) is 24.3 Å². The van der Waals surface area contributed by atoms with Gasteiger partial charge in [0.1, 0.15) is 17.7 Å². The van der Waals surface area contributed by atoms with Gasteiger partial charge in [-0.25, -0.2) is 4.79 Å². The summed E-state index contributed by atoms with van der Waals surface area (Å²) in [6.45, 7) is 7.26. The topological polar surface area (TPSA) is 108 Å². The number of benzene rings is 1. The Morgan fingerprint density at radius 3 is 2.51 bits per heavy atom. The molecule has 1 heterocycles. The molecular formula is C26H38N4O5. The number of hydrogen-bond acceptors (Lipinski definition) is 5. The average molecular weight is 487 g/mol. The number of piperidine rings is 1. The third kappa shape index (κ3) is 6.96. The minimum atomic E-state index is -0.817. The smallest absolute Gasteiger partial charge is 0.410 e. The van der Waals surface area contributed by atoms with E-state index in [4.69, 9.17) is 4.74 Å². The van der Waals surface area contributed by atoms with Gasteiger partial charge >= 0.3 is 6.09 Å². The molecule has 2 N–H and O–H groups in total. The quantitative estimate of drug-likeness (QED) is 0.643. The molecule has 4 amide bonds. The molecule has 9 nitrogen and oxygen atoms in total. The highest BCUT2D eigenvalue weighted by Gasteiger charge is 2.34. The highest BCUT2D eigenvalue weighted by molar-refractivity contribution is 5.93. The average Bonchev–Trinajstić information content (AvgIpc) is 2.79. The lowest BCUT2D eigenvalue weighted by Crippen LogP contribution is -2.57. The number of likely N-dealkylation sites (N-methyl/N-ethyl adjacent to an activating group) is 1. The van der Waals surface area contributed by atoms with Crippen molar-refractivity contribution in [3.05, 3.63) is 35.4 Å². The van der Waals surface area contributed by atoms with Gasteiger partial charge in [-0.1, -0.05) is 24.3 Å². The van der Waals surface area contributed by atoms with E-state index in [0.717, 1.165) is 24.8 Å². The van der Waals surface area contributed by atoms with Crippen LogP contribution in [0.2, 0.25) is 0 Å². The van der Waals surface area contributed by atoms with Crippen molar-refractivity contribution >= 4 is 23.8 Å². The van der Waals surface area contributed by atoms with E-state index in [-0.39, 0.29) is 24.4 Å². The van der Waals surface area contributed by atoms with Gasteiger partial charge in [0.2, 0.25) is 17.7 Å². The summed E-state index contributed by atoms with van der Waals surface area (Å²) in [4.78, 5) is 53.6. The molecule has 35 heavy (non-hydrogen) atoms. The van der Waals surface area contributed by atoms with Crippen LogP contribution >= 0.6 is 0 Å². The van der Waals surface area contributed by atoms with Crippen LogP contribution in [-0.2, 0) is 25.5 Å². The zero-order chi connectivity index (χ0) is 25.8. The molecule has 3 atom stereocenters. The molecule has 1 aliphatic carbocycles. The highest BCUT2D eigenvalue weighted by Crippen LogP contribution is 2.29. The number of nitrogens with one attached hydrogen (secondary N) is 2. The van der Waals surface area contributed by atoms with Crippen molar-refractivity contribution in [3.8, 4) is 0 Å². The first-order chi connectivity index (χ1) is 16.5. The van der Waals surface area contributed by atoms with Crippen molar-refractivity contribution < 1.29 is 23.9 Å². The maximum Gasteiger partial charge on any atom is 0.410 e. The molecule has 0 aromatic heterocycles. The molecule has 1 aliphatic heterocycles. The molecular weight excluding hydrogens is 448 g/mol. The van der Waals surface area contributed by atoms with E-state index in [0.29, 0.717) is 19.4 Å². The van der Waals surface area contributed by atoms with Crippen LogP contribution in [0, 0.1) is 0 Å². The molecule has 3 rings (SSSR count). The second-order valence-electron chi connectivity index (χ2n) is 10.4. The fourth-order valence-electron chi connectivity index (χ4n) is 4.51. The Morgan fingerprint density at radius 1 is 1.11 bits per heavy atom. The summed E-state index contributed by atoms with van der Waals surface area (Å²) in [6, 6.07) is 6.54. The van der Waals surface area contributed by atoms with E-state index < -0.39 is 29.7 Å². The second-order valence-corrected chi connectivity index (χ2v) is 10.4. The summed E-state index contributed by atoms with van der Waals surface area (Å²) in [6.07, 6.45) is 3.44. The lowest BCUT2D eigenvalue weighted by molar-refractivity contribution is -0.142. The van der Waals surface area contributed by atoms with Crippen LogP contribution in [0.4, 0.5) is 4.79 Å². The molecule has 1 aromatic rings. The molecule has 1 fully saturated rings. The van der Waals surface area contributed by atoms with Gasteiger partial charge < -0.3 is 20.3 Å². The standard InChI is InChI=1S/C26H38N4O5/c1-17(29(5)25(34)35-26(2,3)4)23(32)28-21-14-9-15-30(24(21)33)16-22(31)27-20-13-8-11-18-10-6-7-12-19(18)20/h6-7,10,12,17,20-21H,8-9,11,13-16H2,1-5H3,(H,27,31)(H,28,32)/t17-,20+,21-/m0/s1. The highest BCUT2D eigenvalue weighted by atomic mass is 16.6. The lowest BCUT2D eigenvalue weighted by Gasteiger charge is -2.34. The SMILES string of the molecule is C[C@@H](C(=O)N[C@H]1CCCN(CC(=O)N[C@@H]2CCCc3ccccc32)C1=O)N(C)C(=O)OC(C)(C)C. The Balaban J connectivity index is 1.54. The van der Waals surface area contributed by atoms with E-state index >= 15 is 0 Å². The predicted octanol–water partition coefficient (Wildman–Crippen LogP) is 2.54. The van der Waals surface area contributed by atoms with E-state index in [1.54, 1.807) is 27.7 Å². The summed E-state index contributed by atoms with van der Waals surface area (Å²) >= 11 is 0. The normalized spacial score (nSPS) is 20.9. The van der Waals surface area contributed by atoms with Gasteiger partial charge in [-0.3, -0.25) is 19.3 Å². The summed E-state index contributed by atoms with van der Waals surface area (Å²) in [5.74, 6) is -0.928. The van der Waals surface area contributed by atoms with Gasteiger partial charge in [0.05, 0.1) is 12.6 Å². The Labute approximate surface area is 207 Å². The number of amides is 4. The van der Waals surface area contributed by atoms with Crippen LogP contribution in [-0.4, -0.2) is 71.4 Å². The van der Waals surface area contributed by atoms with Gasteiger partial charge in [0.25, 0.3) is 0 Å². The molecule has 0 saturated carbocycles. The number of ether oxygens (including phenoxy) is 1. The van der Waals surface area contributed by atoms with E-state index in [1.165, 1.54) is 22.4 Å². The Bertz CT molecular complexity index is 957. The number of nitrogens with zero attached hydrogens (tertiary/aromatic N) is 2. The van der Waals surface area contributed by atoms with Crippen molar-refractivity contribution in [1.29, 1.82) is 0 Å². The maximum absolute atomic E-state index is 13.0. The first-order valence-corrected chi connectivity index (χ1v) is 12.4. The van der Waals surface area contributed by atoms with Gasteiger partial charge in [-0.05, 0) is 70.9 Å². The molecule has 0 radical (unpaired) electrons. The largest absolute Gasteiger partial charge is 0.444 e. The van der Waals surface area contributed by atoms with Crippen LogP contribution in [0.1, 0.15) is 70.5 Å². The molecule has 0 bridgehead atoms. The molecule has 0 unspecified atom stereocenters. The number of likely N-dealkylation sites (tertiary alicyclic amines) is 1. The fourth-order valence-corrected chi connectivity index (χ4v) is 4.51. The van der Waals surface area contributed by atoms with Crippen molar-refractivity contribution in [2.75, 3.05) is 20.1 Å². The Hall–Kier alpha value is -3.10. The predicted molar refractivity (Wildman–Crippen MR) is 131 cm³/mol. The van der Waals surface area contributed by atoms with Crippen LogP contribution in [0.25, 0.3) is 0 Å². The van der Waals surface area contributed by atoms with E-state index in [9.17, 15) is 19.2 Å². The third-order valence-corrected chi connectivity index (χ3v) is 6.53. The second kappa shape index (κ2) is 11.1. The number of hydrogen-bond donors (Lipinski definition) is 2. The van der Waals surface area contributed by atoms with E-state index in [1.807, 2.05) is 18.2 Å². The molecule has 1 saturated heterocycles. The zero-order valence-corrected chi connectivity index (χ0v) is 21.4. The van der Waals surface area contributed by atoms with Crippen LogP contribution < -0.4 is 10.6 Å². The van der Waals surface area contributed by atoms with Crippen molar-refractivity contribution in [2.24, 2.45) is 0 Å². The van der Waals surface area contributed by atoms with Gasteiger partial charge in [0.15, 0.2) is 0 Å². The maximum atomic E-state index is 13.0. The first-order valence-electron chi connectivity index (χ1n) is 12.4. The lowest BCUT2D eigenvalue weighted by atomic mass is 9.88. The van der Waals surface area contributed by atoms with Crippen LogP contribution in [0.5, 0.6) is 0 Å². The van der Waals surface area contributed by atoms with E-state index in [2.05, 4.69) is 16.7 Å². The summed E-state index contributed by atoms with van der Waals surface area (Å²) < 4.78 is 5.31. The zero-order valence-electron chi connectivity index (χ0n) is 21.4. The first kappa shape index (κ1) is 26.5.